The molecule has 3 aliphatic heterocycles. The summed E-state index contributed by atoms with van der Waals surface area (Å²) in [6.07, 6.45) is 4.57. The van der Waals surface area contributed by atoms with E-state index in [4.69, 9.17) is 14.6 Å². The van der Waals surface area contributed by atoms with Crippen LogP contribution in [-0.2, 0) is 33.7 Å². The number of carbonyl (C=O) groups is 3. The molecule has 2 saturated heterocycles. The molecule has 2 fully saturated rings. The van der Waals surface area contributed by atoms with E-state index in [1.54, 1.807) is 23.9 Å². The van der Waals surface area contributed by atoms with Crippen molar-refractivity contribution in [3.8, 4) is 0 Å². The van der Waals surface area contributed by atoms with Crippen LogP contribution >= 0.6 is 0 Å². The van der Waals surface area contributed by atoms with Gasteiger partial charge in [-0.2, -0.15) is 5.10 Å². The van der Waals surface area contributed by atoms with Crippen molar-refractivity contribution in [2.75, 3.05) is 53.6 Å². The van der Waals surface area contributed by atoms with E-state index in [9.17, 15) is 14.4 Å². The van der Waals surface area contributed by atoms with Gasteiger partial charge in [-0.25, -0.2) is 4.79 Å². The second-order valence-corrected chi connectivity index (χ2v) is 10.9. The minimum Gasteiger partial charge on any atom is -0.465 e. The van der Waals surface area contributed by atoms with E-state index in [1.165, 1.54) is 0 Å². The third-order valence-corrected chi connectivity index (χ3v) is 7.91. The Hall–Kier alpha value is -2.62. The molecular weight excluding hydrogens is 462 g/mol. The lowest BCUT2D eigenvalue weighted by atomic mass is 9.75. The first kappa shape index (κ1) is 26.4. The summed E-state index contributed by atoms with van der Waals surface area (Å²) in [5.74, 6) is -0.328. The zero-order valence-electron chi connectivity index (χ0n) is 22.2. The van der Waals surface area contributed by atoms with Crippen LogP contribution in [0.4, 0.5) is 4.79 Å². The van der Waals surface area contributed by atoms with E-state index in [0.29, 0.717) is 57.7 Å². The topological polar surface area (TPSA) is 106 Å². The minimum absolute atomic E-state index is 0.00799. The molecule has 1 spiro atoms. The number of nitrogens with one attached hydrogen (secondary N) is 1. The Kier molecular flexibility index (Phi) is 8.22. The first-order valence-electron chi connectivity index (χ1n) is 13.3. The quantitative estimate of drug-likeness (QED) is 0.596. The van der Waals surface area contributed by atoms with Gasteiger partial charge in [0.2, 0.25) is 0 Å². The number of carbonyl (C=O) groups excluding carboxylic acids is 3. The number of hydrogen-bond donors (Lipinski definition) is 1. The molecule has 0 saturated carbocycles. The van der Waals surface area contributed by atoms with Crippen molar-refractivity contribution in [3.63, 3.8) is 0 Å². The van der Waals surface area contributed by atoms with Gasteiger partial charge in [0.15, 0.2) is 0 Å². The fourth-order valence-corrected chi connectivity index (χ4v) is 5.65. The molecule has 1 aromatic heterocycles. The fraction of sp³-hybridized carbons (Fsp3) is 0.769. The molecule has 1 N–H and O–H groups in total. The molecule has 10 nitrogen and oxygen atoms in total. The van der Waals surface area contributed by atoms with Gasteiger partial charge in [-0.1, -0.05) is 6.92 Å². The van der Waals surface area contributed by atoms with E-state index in [1.807, 2.05) is 11.6 Å². The number of amides is 3. The van der Waals surface area contributed by atoms with Crippen LogP contribution in [0, 0.1) is 17.3 Å². The van der Waals surface area contributed by atoms with Gasteiger partial charge < -0.3 is 24.6 Å². The van der Waals surface area contributed by atoms with Crippen molar-refractivity contribution in [2.45, 2.75) is 58.9 Å². The van der Waals surface area contributed by atoms with Gasteiger partial charge in [-0.15, -0.1) is 0 Å². The highest BCUT2D eigenvalue weighted by Crippen LogP contribution is 2.38. The zero-order chi connectivity index (χ0) is 25.9. The summed E-state index contributed by atoms with van der Waals surface area (Å²) in [6, 6.07) is -0.0164. The Morgan fingerprint density at radius 1 is 1.25 bits per heavy atom. The third kappa shape index (κ3) is 5.68. The summed E-state index contributed by atoms with van der Waals surface area (Å²) in [7, 11) is 3.48. The molecular formula is C26H41N5O5. The van der Waals surface area contributed by atoms with Crippen molar-refractivity contribution in [1.82, 2.24) is 24.9 Å². The highest BCUT2D eigenvalue weighted by atomic mass is 16.5. The summed E-state index contributed by atoms with van der Waals surface area (Å²) in [5.41, 5.74) is 2.67. The lowest BCUT2D eigenvalue weighted by molar-refractivity contribution is -0.151. The number of esters is 1. The largest absolute Gasteiger partial charge is 0.465 e. The van der Waals surface area contributed by atoms with Crippen LogP contribution in [0.5, 0.6) is 0 Å². The molecule has 1 atom stereocenters. The molecule has 36 heavy (non-hydrogen) atoms. The summed E-state index contributed by atoms with van der Waals surface area (Å²) in [4.78, 5) is 41.2. The highest BCUT2D eigenvalue weighted by Gasteiger charge is 2.40. The smallest absolute Gasteiger partial charge is 0.319 e. The predicted molar refractivity (Wildman–Crippen MR) is 134 cm³/mol. The van der Waals surface area contributed by atoms with Gasteiger partial charge in [-0.05, 0) is 56.8 Å². The number of aryl methyl sites for hydroxylation is 1. The van der Waals surface area contributed by atoms with Crippen molar-refractivity contribution in [2.24, 2.45) is 17.3 Å². The molecule has 3 aliphatic rings. The maximum Gasteiger partial charge on any atom is 0.319 e. The van der Waals surface area contributed by atoms with Gasteiger partial charge in [-0.3, -0.25) is 14.3 Å². The molecule has 0 aromatic carbocycles. The lowest BCUT2D eigenvalue weighted by Crippen LogP contribution is -2.45. The van der Waals surface area contributed by atoms with Crippen LogP contribution in [0.25, 0.3) is 0 Å². The van der Waals surface area contributed by atoms with Crippen LogP contribution in [0.15, 0.2) is 0 Å². The Bertz CT molecular complexity index is 960. The minimum atomic E-state index is -0.183. The van der Waals surface area contributed by atoms with E-state index in [-0.39, 0.29) is 35.2 Å². The summed E-state index contributed by atoms with van der Waals surface area (Å²) >= 11 is 0. The van der Waals surface area contributed by atoms with Gasteiger partial charge >= 0.3 is 12.0 Å². The third-order valence-electron chi connectivity index (χ3n) is 7.91. The Labute approximate surface area is 213 Å². The molecule has 0 bridgehead atoms. The molecule has 200 valence electrons. The molecule has 4 rings (SSSR count). The molecule has 1 aromatic rings. The van der Waals surface area contributed by atoms with Gasteiger partial charge in [0.1, 0.15) is 5.69 Å². The number of nitrogens with zero attached hydrogens (tertiary/aromatic N) is 4. The number of urea groups is 1. The molecule has 10 heteroatoms. The first-order chi connectivity index (χ1) is 17.2. The van der Waals surface area contributed by atoms with Crippen molar-refractivity contribution >= 4 is 17.9 Å². The van der Waals surface area contributed by atoms with Gasteiger partial charge in [0.25, 0.3) is 5.91 Å². The molecule has 0 aliphatic carbocycles. The van der Waals surface area contributed by atoms with Crippen LogP contribution in [0.1, 0.15) is 61.3 Å². The van der Waals surface area contributed by atoms with Crippen molar-refractivity contribution < 1.29 is 23.9 Å². The number of aromatic nitrogens is 2. The summed E-state index contributed by atoms with van der Waals surface area (Å²) in [5, 5.41) is 7.96. The lowest BCUT2D eigenvalue weighted by Gasteiger charge is -2.36. The number of hydrogen-bond acceptors (Lipinski definition) is 6. The number of piperidine rings is 1. The summed E-state index contributed by atoms with van der Waals surface area (Å²) < 4.78 is 13.1. The average molecular weight is 504 g/mol. The molecule has 1 unspecified atom stereocenters. The monoisotopic (exact) mass is 503 g/mol. The number of ether oxygens (including phenoxy) is 2. The molecule has 3 amide bonds. The van der Waals surface area contributed by atoms with Crippen molar-refractivity contribution in [3.05, 3.63) is 17.0 Å². The SMILES string of the molecule is CCn1nc(CC(C)COC(=O)C2CCN(C(=O)N(C)C)CC2)c2c1C(=O)NCC1(CCOCC1)C2. The Morgan fingerprint density at radius 2 is 1.94 bits per heavy atom. The highest BCUT2D eigenvalue weighted by molar-refractivity contribution is 5.94. The van der Waals surface area contributed by atoms with Crippen molar-refractivity contribution in [1.29, 1.82) is 0 Å². The maximum atomic E-state index is 13.0. The fourth-order valence-electron chi connectivity index (χ4n) is 5.65. The normalized spacial score (nSPS) is 20.9. The number of likely N-dealkylation sites (tertiary alicyclic amines) is 1. The first-order valence-corrected chi connectivity index (χ1v) is 13.3. The number of rotatable bonds is 6. The van der Waals surface area contributed by atoms with Crippen LogP contribution in [-0.4, -0.2) is 91.0 Å². The van der Waals surface area contributed by atoms with E-state index in [2.05, 4.69) is 12.2 Å². The van der Waals surface area contributed by atoms with E-state index >= 15 is 0 Å². The second kappa shape index (κ2) is 11.2. The van der Waals surface area contributed by atoms with Gasteiger partial charge in [0, 0.05) is 59.1 Å². The van der Waals surface area contributed by atoms with Gasteiger partial charge in [0.05, 0.1) is 18.2 Å². The van der Waals surface area contributed by atoms with E-state index in [0.717, 1.165) is 43.7 Å². The standard InChI is InChI=1S/C26H41N5O5/c1-5-31-22-20(15-26(17-27-23(22)32)8-12-35-13-9-26)21(28-31)14-18(2)16-36-24(33)19-6-10-30(11-7-19)25(34)29(3)4/h18-19H,5-17H2,1-4H3,(H,27,32). The average Bonchev–Trinajstić information content (AvgIpc) is 3.15. The van der Waals surface area contributed by atoms with E-state index < -0.39 is 0 Å². The van der Waals surface area contributed by atoms with Crippen LogP contribution in [0.3, 0.4) is 0 Å². The summed E-state index contributed by atoms with van der Waals surface area (Å²) in [6.45, 7) is 8.25. The Balaban J connectivity index is 1.37. The number of fused-ring (bicyclic) bond motifs is 1. The molecule has 4 heterocycles. The Morgan fingerprint density at radius 3 is 2.58 bits per heavy atom. The second-order valence-electron chi connectivity index (χ2n) is 10.9. The predicted octanol–water partition coefficient (Wildman–Crippen LogP) is 2.10. The maximum absolute atomic E-state index is 13.0. The van der Waals surface area contributed by atoms with Crippen LogP contribution < -0.4 is 5.32 Å². The molecule has 0 radical (unpaired) electrons. The zero-order valence-corrected chi connectivity index (χ0v) is 22.2. The van der Waals surface area contributed by atoms with Crippen LogP contribution in [0.2, 0.25) is 0 Å².